The van der Waals surface area contributed by atoms with Gasteiger partial charge in [0.05, 0.1) is 64.5 Å². The molecule has 40 heteroatoms. The lowest BCUT2D eigenvalue weighted by atomic mass is 9.93. The van der Waals surface area contributed by atoms with Gasteiger partial charge in [-0.15, -0.1) is 0 Å². The van der Waals surface area contributed by atoms with E-state index in [1.165, 1.54) is 129 Å². The number of rotatable bonds is 56. The minimum absolute atomic E-state index is 0.164. The second-order valence-corrected chi connectivity index (χ2v) is 34.2. The zero-order chi connectivity index (χ0) is 90.7. The van der Waals surface area contributed by atoms with E-state index in [-0.39, 0.29) is 12.3 Å². The molecule has 7 heterocycles. The molecule has 3 amide bonds. The van der Waals surface area contributed by atoms with Gasteiger partial charge in [0.2, 0.25) is 17.7 Å². The summed E-state index contributed by atoms with van der Waals surface area (Å²) in [6.07, 6.45) is -28.8. The van der Waals surface area contributed by atoms with Crippen LogP contribution < -0.4 is 16.0 Å². The first-order chi connectivity index (χ1) is 59.5. The van der Waals surface area contributed by atoms with Crippen LogP contribution in [0.5, 0.6) is 0 Å². The lowest BCUT2D eigenvalue weighted by Gasteiger charge is -2.52. The molecule has 0 spiro atoms. The Morgan fingerprint density at radius 3 is 1.10 bits per heavy atom. The average Bonchev–Trinajstić information content (AvgIpc) is 0.763. The molecule has 23 N–H and O–H groups in total. The lowest BCUT2D eigenvalue weighted by Crippen LogP contribution is -2.71. The topological polar surface area (TPSA) is 621 Å². The highest BCUT2D eigenvalue weighted by Crippen LogP contribution is 2.40. The summed E-state index contributed by atoms with van der Waals surface area (Å²) in [6.45, 7) is 0.979. The van der Waals surface area contributed by atoms with Gasteiger partial charge in [-0.1, -0.05) is 193 Å². The van der Waals surface area contributed by atoms with Crippen LogP contribution in [0.4, 0.5) is 0 Å². The molecule has 0 aliphatic carbocycles. The number of unbranched alkanes of at least 4 members (excludes halogenated alkanes) is 27. The van der Waals surface area contributed by atoms with E-state index < -0.39 is 285 Å². The standard InChI is InChI=1S/C84H151N3O37/c1-6-8-10-12-14-16-18-20-21-22-23-25-27-29-31-33-35-37-56(97)87-48(49(96)36-34-32-30-28-26-24-19-17-15-13-11-9-7-2)44-111-80-69(108)66(105)73(54(42-92)118-80)120-84-70(109)76(61(100)51(39-89)115-84)123-78-57(85-46(4)94)63(102)72(53(41-91)116-78)119-83-71(110)77(62(101)52(40-90)114-83)124-79-58(86-47(5)95)75(122-82-68(107)65(104)60(99)50(38-88)113-82)74(55(43-93)117-79)121-81-67(106)64(103)59(98)45(3)112-81/h34,36,45,48-55,57-84,88-93,96,98-110H,6-33,35,37-44H2,1-5H3,(H,85,94)(H,86,95)(H,87,97)/b36-34+/t45?,48-,49+,50?,51?,52?,53?,54?,55?,57?,58?,59+,60-,61-,62-,63+,64?,65-,66+,67-,68?,69?,70?,71?,72+,73+,74+,75+,76-,77-,78-,79-,80+,81+,82-,83-,84-/m0/s1. The van der Waals surface area contributed by atoms with Crippen LogP contribution in [0.25, 0.3) is 0 Å². The molecule has 0 saturated carbocycles. The summed E-state index contributed by atoms with van der Waals surface area (Å²) < 4.78 is 84.0. The normalized spacial score (nSPS) is 38.5. The van der Waals surface area contributed by atoms with Crippen molar-refractivity contribution in [2.24, 2.45) is 0 Å². The second kappa shape index (κ2) is 56.6. The Morgan fingerprint density at radius 1 is 0.331 bits per heavy atom. The van der Waals surface area contributed by atoms with E-state index in [2.05, 4.69) is 29.8 Å². The van der Waals surface area contributed by atoms with Crippen molar-refractivity contribution in [3.8, 4) is 0 Å². The number of aliphatic hydroxyl groups excluding tert-OH is 20. The molecule has 0 aromatic heterocycles. The number of aliphatic hydroxyl groups is 20. The highest BCUT2D eigenvalue weighted by atomic mass is 16.8. The molecule has 14 unspecified atom stereocenters. The fourth-order valence-corrected chi connectivity index (χ4v) is 16.9. The maximum absolute atomic E-state index is 13.6. The molecular weight excluding hydrogens is 1640 g/mol. The summed E-state index contributed by atoms with van der Waals surface area (Å²) >= 11 is 0. The van der Waals surface area contributed by atoms with Crippen molar-refractivity contribution in [3.05, 3.63) is 12.2 Å². The van der Waals surface area contributed by atoms with Crippen LogP contribution in [-0.2, 0) is 80.7 Å². The maximum atomic E-state index is 13.6. The molecule has 0 aromatic rings. The van der Waals surface area contributed by atoms with Gasteiger partial charge in [0, 0.05) is 20.3 Å². The third-order valence-electron chi connectivity index (χ3n) is 24.3. The molecule has 0 radical (unpaired) electrons. The van der Waals surface area contributed by atoms with Crippen LogP contribution in [0.3, 0.4) is 0 Å². The van der Waals surface area contributed by atoms with Crippen molar-refractivity contribution in [2.45, 2.75) is 454 Å². The van der Waals surface area contributed by atoms with E-state index in [4.69, 9.17) is 66.3 Å². The van der Waals surface area contributed by atoms with Crippen LogP contribution in [0, 0.1) is 0 Å². The van der Waals surface area contributed by atoms with E-state index >= 15 is 0 Å². The molecule has 7 saturated heterocycles. The molecule has 7 aliphatic heterocycles. The van der Waals surface area contributed by atoms with E-state index in [1.54, 1.807) is 6.08 Å². The molecular formula is C84H151N3O37. The quantitative estimate of drug-likeness (QED) is 0.0216. The van der Waals surface area contributed by atoms with Gasteiger partial charge in [0.1, 0.15) is 165 Å². The van der Waals surface area contributed by atoms with Crippen molar-refractivity contribution in [1.29, 1.82) is 0 Å². The minimum atomic E-state index is -2.34. The Morgan fingerprint density at radius 2 is 0.661 bits per heavy atom. The van der Waals surface area contributed by atoms with E-state index in [9.17, 15) is 117 Å². The van der Waals surface area contributed by atoms with Gasteiger partial charge < -0.3 is 184 Å². The number of carbonyl (C=O) groups is 3. The fourth-order valence-electron chi connectivity index (χ4n) is 16.9. The molecule has 40 nitrogen and oxygen atoms in total. The minimum Gasteiger partial charge on any atom is -0.394 e. The Kier molecular flexibility index (Phi) is 49.2. The first-order valence-corrected chi connectivity index (χ1v) is 45.3. The van der Waals surface area contributed by atoms with Gasteiger partial charge in [0.25, 0.3) is 0 Å². The van der Waals surface area contributed by atoms with Gasteiger partial charge in [-0.25, -0.2) is 0 Å². The number of allylic oxidation sites excluding steroid dienone is 1. The number of ether oxygens (including phenoxy) is 14. The number of nitrogens with one attached hydrogen (secondary N) is 3. The highest BCUT2D eigenvalue weighted by molar-refractivity contribution is 5.76. The summed E-state index contributed by atoms with van der Waals surface area (Å²) in [5.74, 6) is -2.17. The van der Waals surface area contributed by atoms with Crippen LogP contribution in [0.15, 0.2) is 12.2 Å². The Balaban J connectivity index is 1.01. The van der Waals surface area contributed by atoms with E-state index in [0.29, 0.717) is 12.8 Å². The molecule has 37 atom stereocenters. The van der Waals surface area contributed by atoms with Gasteiger partial charge in [0.15, 0.2) is 44.0 Å². The summed E-state index contributed by atoms with van der Waals surface area (Å²) in [5, 5.41) is 232. The maximum Gasteiger partial charge on any atom is 0.220 e. The predicted molar refractivity (Wildman–Crippen MR) is 434 cm³/mol. The summed E-state index contributed by atoms with van der Waals surface area (Å²) in [7, 11) is 0. The third kappa shape index (κ3) is 31.8. The van der Waals surface area contributed by atoms with Gasteiger partial charge in [-0.05, 0) is 26.2 Å². The molecule has 7 aliphatic rings. The zero-order valence-corrected chi connectivity index (χ0v) is 72.6. The molecule has 724 valence electrons. The number of hydrogen-bond acceptors (Lipinski definition) is 37. The first kappa shape index (κ1) is 108. The number of hydrogen-bond donors (Lipinski definition) is 23. The summed E-state index contributed by atoms with van der Waals surface area (Å²) in [5.41, 5.74) is 0. The van der Waals surface area contributed by atoms with Crippen LogP contribution in [0.2, 0.25) is 0 Å². The van der Waals surface area contributed by atoms with Crippen molar-refractivity contribution in [2.75, 3.05) is 46.2 Å². The largest absolute Gasteiger partial charge is 0.394 e. The molecule has 7 rings (SSSR count). The smallest absolute Gasteiger partial charge is 0.220 e. The lowest BCUT2D eigenvalue weighted by molar-refractivity contribution is -0.393. The number of carbonyl (C=O) groups excluding carboxylic acids is 3. The van der Waals surface area contributed by atoms with Gasteiger partial charge >= 0.3 is 0 Å². The fraction of sp³-hybridized carbons (Fsp3) is 0.940. The molecule has 7 fully saturated rings. The molecule has 0 bridgehead atoms. The molecule has 124 heavy (non-hydrogen) atoms. The molecule has 0 aromatic carbocycles. The van der Waals surface area contributed by atoms with Crippen LogP contribution in [0.1, 0.15) is 227 Å². The van der Waals surface area contributed by atoms with Crippen molar-refractivity contribution >= 4 is 17.7 Å². The van der Waals surface area contributed by atoms with Gasteiger partial charge in [-0.2, -0.15) is 0 Å². The predicted octanol–water partition coefficient (Wildman–Crippen LogP) is -2.79. The van der Waals surface area contributed by atoms with Crippen molar-refractivity contribution in [3.63, 3.8) is 0 Å². The first-order valence-electron chi connectivity index (χ1n) is 45.3. The zero-order valence-electron chi connectivity index (χ0n) is 72.6. The SMILES string of the molecule is CCCCCCCCCCCCC/C=C/[C@@H](O)[C@H](CO[C@@H]1OC(CO)[C@@H](O[C@@H]2OC(CO)[C@H](O)[C@H](O[C@@H]3OC(CO)[C@@H](O[C@@H]4OC(CO)[C@H](O)[C@H](O[C@@H]5OC(CO)[C@@H](O[C@H]6OC(C)[C@@H](O)C(O)[C@@H]6O)[C@H](O[C@@H]6OC(CO)[C@H](O)[C@H](O)C6O)C5NC(C)=O)C4O)[C@H](O)C3NC(C)=O)C2O)[C@H](O)C1O)NC(=O)CCCCCCCCCCCCCCCCCCC. The summed E-state index contributed by atoms with van der Waals surface area (Å²) in [4.78, 5) is 39.9. The van der Waals surface area contributed by atoms with Crippen molar-refractivity contribution in [1.82, 2.24) is 16.0 Å². The Labute approximate surface area is 726 Å². The third-order valence-corrected chi connectivity index (χ3v) is 24.3. The Bertz CT molecular complexity index is 2950. The number of amides is 3. The second-order valence-electron chi connectivity index (χ2n) is 34.2. The van der Waals surface area contributed by atoms with E-state index in [1.807, 2.05) is 6.08 Å². The monoisotopic (exact) mass is 1790 g/mol. The van der Waals surface area contributed by atoms with E-state index in [0.717, 1.165) is 65.2 Å². The average molecular weight is 1800 g/mol. The Hall–Kier alpha value is -3.21. The van der Waals surface area contributed by atoms with Crippen molar-refractivity contribution < 1.29 is 183 Å². The van der Waals surface area contributed by atoms with Crippen LogP contribution in [-0.4, -0.2) is 393 Å². The van der Waals surface area contributed by atoms with Gasteiger partial charge in [-0.3, -0.25) is 14.4 Å². The highest BCUT2D eigenvalue weighted by Gasteiger charge is 2.60. The van der Waals surface area contributed by atoms with Crippen LogP contribution >= 0.6 is 0 Å². The summed E-state index contributed by atoms with van der Waals surface area (Å²) in [6, 6.07) is -4.86.